The van der Waals surface area contributed by atoms with Gasteiger partial charge in [0.25, 0.3) is 0 Å². The SMILES string of the molecule is CC(CC(=O)Nc1ccc(-n2ccnc2)c(F)c1)C1CCCNC1.Cl.Cl. The normalized spacial score (nSPS) is 17.5. The zero-order valence-electron chi connectivity index (χ0n) is 14.7. The van der Waals surface area contributed by atoms with Gasteiger partial charge in [-0.05, 0) is 56.0 Å². The Hall–Kier alpha value is -1.63. The molecule has 2 heterocycles. The summed E-state index contributed by atoms with van der Waals surface area (Å²) in [5.41, 5.74) is 0.891. The molecule has 1 saturated heterocycles. The number of nitrogens with one attached hydrogen (secondary N) is 2. The van der Waals surface area contributed by atoms with Crippen LogP contribution in [0, 0.1) is 17.7 Å². The molecule has 1 aromatic carbocycles. The van der Waals surface area contributed by atoms with Crippen LogP contribution in [0.1, 0.15) is 26.2 Å². The van der Waals surface area contributed by atoms with Crippen molar-refractivity contribution in [1.29, 1.82) is 0 Å². The van der Waals surface area contributed by atoms with Gasteiger partial charge in [-0.25, -0.2) is 9.37 Å². The van der Waals surface area contributed by atoms with Gasteiger partial charge in [0, 0.05) is 24.5 Å². The largest absolute Gasteiger partial charge is 0.326 e. The number of hydrogen-bond donors (Lipinski definition) is 2. The molecule has 0 bridgehead atoms. The van der Waals surface area contributed by atoms with Crippen molar-refractivity contribution in [3.05, 3.63) is 42.7 Å². The van der Waals surface area contributed by atoms with Gasteiger partial charge in [-0.2, -0.15) is 0 Å². The summed E-state index contributed by atoms with van der Waals surface area (Å²) < 4.78 is 15.8. The maximum atomic E-state index is 14.2. The molecule has 1 amide bonds. The molecule has 8 heteroatoms. The Morgan fingerprint density at radius 3 is 2.88 bits per heavy atom. The third kappa shape index (κ3) is 5.69. The van der Waals surface area contributed by atoms with Gasteiger partial charge < -0.3 is 15.2 Å². The highest BCUT2D eigenvalue weighted by Crippen LogP contribution is 2.23. The van der Waals surface area contributed by atoms with E-state index in [-0.39, 0.29) is 30.7 Å². The number of imidazole rings is 1. The van der Waals surface area contributed by atoms with Gasteiger partial charge in [0.15, 0.2) is 0 Å². The zero-order valence-corrected chi connectivity index (χ0v) is 16.3. The molecule has 1 aromatic heterocycles. The fourth-order valence-electron chi connectivity index (χ4n) is 3.23. The molecule has 5 nitrogen and oxygen atoms in total. The number of rotatable bonds is 5. The highest BCUT2D eigenvalue weighted by Gasteiger charge is 2.22. The van der Waals surface area contributed by atoms with Crippen molar-refractivity contribution in [2.45, 2.75) is 26.2 Å². The summed E-state index contributed by atoms with van der Waals surface area (Å²) in [6, 6.07) is 4.70. The van der Waals surface area contributed by atoms with E-state index in [1.165, 1.54) is 12.4 Å². The van der Waals surface area contributed by atoms with E-state index in [1.54, 1.807) is 29.1 Å². The third-order valence-electron chi connectivity index (χ3n) is 4.66. The van der Waals surface area contributed by atoms with E-state index in [0.29, 0.717) is 29.6 Å². The average Bonchev–Trinajstić information content (AvgIpc) is 3.10. The minimum absolute atomic E-state index is 0. The van der Waals surface area contributed by atoms with Gasteiger partial charge in [0.05, 0.1) is 12.0 Å². The molecule has 1 aliphatic heterocycles. The maximum Gasteiger partial charge on any atom is 0.224 e. The molecule has 1 fully saturated rings. The third-order valence-corrected chi connectivity index (χ3v) is 4.66. The molecule has 0 spiro atoms. The van der Waals surface area contributed by atoms with Gasteiger partial charge in [-0.15, -0.1) is 24.8 Å². The number of anilines is 1. The number of piperidine rings is 1. The highest BCUT2D eigenvalue weighted by molar-refractivity contribution is 5.91. The summed E-state index contributed by atoms with van der Waals surface area (Å²) in [5.74, 6) is 0.385. The lowest BCUT2D eigenvalue weighted by Crippen LogP contribution is -2.34. The molecule has 2 aromatic rings. The van der Waals surface area contributed by atoms with Crippen LogP contribution >= 0.6 is 24.8 Å². The number of benzene rings is 1. The monoisotopic (exact) mass is 402 g/mol. The van der Waals surface area contributed by atoms with E-state index in [2.05, 4.69) is 22.5 Å². The summed E-state index contributed by atoms with van der Waals surface area (Å²) in [7, 11) is 0. The zero-order chi connectivity index (χ0) is 16.9. The number of aromatic nitrogens is 2. The lowest BCUT2D eigenvalue weighted by atomic mass is 9.85. The standard InChI is InChI=1S/C18H23FN4O.2ClH/c1-13(14-3-2-6-20-11-14)9-18(24)22-15-4-5-17(16(19)10-15)23-8-7-21-12-23;;/h4-5,7-8,10,12-14,20H,2-3,6,9,11H2,1H3,(H,22,24);2*1H. The fraction of sp³-hybridized carbons (Fsp3) is 0.444. The Kier molecular flexibility index (Phi) is 9.05. The molecular weight excluding hydrogens is 378 g/mol. The van der Waals surface area contributed by atoms with Crippen LogP contribution < -0.4 is 10.6 Å². The van der Waals surface area contributed by atoms with Crippen molar-refractivity contribution in [2.75, 3.05) is 18.4 Å². The molecule has 0 saturated carbocycles. The second-order valence-electron chi connectivity index (χ2n) is 6.47. The van der Waals surface area contributed by atoms with Crippen LogP contribution in [0.5, 0.6) is 0 Å². The second-order valence-corrected chi connectivity index (χ2v) is 6.47. The van der Waals surface area contributed by atoms with Crippen molar-refractivity contribution in [3.8, 4) is 5.69 Å². The van der Waals surface area contributed by atoms with Crippen LogP contribution in [0.25, 0.3) is 5.69 Å². The van der Waals surface area contributed by atoms with E-state index in [4.69, 9.17) is 0 Å². The van der Waals surface area contributed by atoms with E-state index < -0.39 is 5.82 Å². The average molecular weight is 403 g/mol. The van der Waals surface area contributed by atoms with E-state index in [9.17, 15) is 9.18 Å². The smallest absolute Gasteiger partial charge is 0.224 e. The van der Waals surface area contributed by atoms with Crippen molar-refractivity contribution in [1.82, 2.24) is 14.9 Å². The minimum Gasteiger partial charge on any atom is -0.326 e. The van der Waals surface area contributed by atoms with Crippen LogP contribution in [0.3, 0.4) is 0 Å². The number of amides is 1. The minimum atomic E-state index is -0.393. The Labute approximate surface area is 165 Å². The van der Waals surface area contributed by atoms with Gasteiger partial charge in [0.1, 0.15) is 5.82 Å². The van der Waals surface area contributed by atoms with Crippen molar-refractivity contribution >= 4 is 36.4 Å². The molecule has 2 atom stereocenters. The number of nitrogens with zero attached hydrogens (tertiary/aromatic N) is 2. The highest BCUT2D eigenvalue weighted by atomic mass is 35.5. The molecule has 0 radical (unpaired) electrons. The molecule has 1 aliphatic rings. The van der Waals surface area contributed by atoms with Crippen LogP contribution in [0.15, 0.2) is 36.9 Å². The first kappa shape index (κ1) is 22.4. The Morgan fingerprint density at radius 2 is 2.27 bits per heavy atom. The molecule has 144 valence electrons. The molecule has 2 N–H and O–H groups in total. The summed E-state index contributed by atoms with van der Waals surface area (Å²) in [5, 5.41) is 6.18. The van der Waals surface area contributed by atoms with E-state index in [0.717, 1.165) is 25.9 Å². The molecular formula is C18H25Cl2FN4O. The van der Waals surface area contributed by atoms with Gasteiger partial charge in [0.2, 0.25) is 5.91 Å². The number of carbonyl (C=O) groups is 1. The first-order chi connectivity index (χ1) is 11.6. The lowest BCUT2D eigenvalue weighted by Gasteiger charge is -2.28. The summed E-state index contributed by atoms with van der Waals surface area (Å²) >= 11 is 0. The van der Waals surface area contributed by atoms with Gasteiger partial charge in [-0.3, -0.25) is 4.79 Å². The number of halogens is 3. The van der Waals surface area contributed by atoms with Crippen LogP contribution in [0.4, 0.5) is 10.1 Å². The quantitative estimate of drug-likeness (QED) is 0.798. The predicted octanol–water partition coefficient (Wildman–Crippen LogP) is 3.82. The topological polar surface area (TPSA) is 59.0 Å². The summed E-state index contributed by atoms with van der Waals surface area (Å²) in [6.45, 7) is 4.15. The predicted molar refractivity (Wildman–Crippen MR) is 106 cm³/mol. The van der Waals surface area contributed by atoms with Gasteiger partial charge >= 0.3 is 0 Å². The van der Waals surface area contributed by atoms with Gasteiger partial charge in [-0.1, -0.05) is 6.92 Å². The number of carbonyl (C=O) groups excluding carboxylic acids is 1. The maximum absolute atomic E-state index is 14.2. The molecule has 2 unspecified atom stereocenters. The summed E-state index contributed by atoms with van der Waals surface area (Å²) in [6.07, 6.45) is 7.59. The van der Waals surface area contributed by atoms with Crippen LogP contribution in [-0.4, -0.2) is 28.5 Å². The van der Waals surface area contributed by atoms with Crippen LogP contribution in [0.2, 0.25) is 0 Å². The summed E-state index contributed by atoms with van der Waals surface area (Å²) in [4.78, 5) is 16.1. The molecule has 3 rings (SSSR count). The van der Waals surface area contributed by atoms with E-state index in [1.807, 2.05) is 0 Å². The Balaban J connectivity index is 0.00000169. The first-order valence-electron chi connectivity index (χ1n) is 8.42. The molecule has 0 aliphatic carbocycles. The van der Waals surface area contributed by atoms with Crippen molar-refractivity contribution in [2.24, 2.45) is 11.8 Å². The second kappa shape index (κ2) is 10.5. The fourth-order valence-corrected chi connectivity index (χ4v) is 3.23. The first-order valence-corrected chi connectivity index (χ1v) is 8.42. The van der Waals surface area contributed by atoms with Crippen molar-refractivity contribution in [3.63, 3.8) is 0 Å². The molecule has 26 heavy (non-hydrogen) atoms. The Morgan fingerprint density at radius 1 is 1.46 bits per heavy atom. The van der Waals surface area contributed by atoms with Crippen molar-refractivity contribution < 1.29 is 9.18 Å². The number of hydrogen-bond acceptors (Lipinski definition) is 3. The lowest BCUT2D eigenvalue weighted by molar-refractivity contribution is -0.117. The van der Waals surface area contributed by atoms with Crippen LogP contribution in [-0.2, 0) is 4.79 Å². The van der Waals surface area contributed by atoms with E-state index >= 15 is 0 Å². The Bertz CT molecular complexity index is 691.